The molecule has 2 aromatic heterocycles. The van der Waals surface area contributed by atoms with Gasteiger partial charge in [0.05, 0.1) is 11.2 Å². The van der Waals surface area contributed by atoms with Gasteiger partial charge in [-0.3, -0.25) is 4.72 Å². The lowest BCUT2D eigenvalue weighted by atomic mass is 9.68. The van der Waals surface area contributed by atoms with Gasteiger partial charge in [-0.1, -0.05) is 51.5 Å². The Kier molecular flexibility index (Phi) is 8.18. The molecule has 0 aliphatic heterocycles. The Morgan fingerprint density at radius 1 is 1.12 bits per heavy atom. The summed E-state index contributed by atoms with van der Waals surface area (Å²) >= 11 is 0. The summed E-state index contributed by atoms with van der Waals surface area (Å²) in [7, 11) is -4.04. The van der Waals surface area contributed by atoms with Crippen LogP contribution < -0.4 is 9.56 Å². The number of para-hydroxylation sites is 1. The second kappa shape index (κ2) is 11.6. The van der Waals surface area contributed by atoms with Crippen molar-refractivity contribution in [3.63, 3.8) is 0 Å². The molecule has 7 nitrogen and oxygen atoms in total. The number of anilines is 1. The number of benzene rings is 2. The molecule has 0 saturated heterocycles. The first kappa shape index (κ1) is 28.8. The molecule has 1 saturated carbocycles. The van der Waals surface area contributed by atoms with E-state index in [0.717, 1.165) is 30.5 Å². The van der Waals surface area contributed by atoms with E-state index in [4.69, 9.17) is 4.84 Å². The van der Waals surface area contributed by atoms with E-state index in [2.05, 4.69) is 30.5 Å². The summed E-state index contributed by atoms with van der Waals surface area (Å²) < 4.78 is 46.0. The van der Waals surface area contributed by atoms with Gasteiger partial charge in [0.1, 0.15) is 5.82 Å². The number of halogens is 1. The van der Waals surface area contributed by atoms with Crippen LogP contribution in [0.5, 0.6) is 0 Å². The van der Waals surface area contributed by atoms with Gasteiger partial charge in [0.15, 0.2) is 5.03 Å². The minimum absolute atomic E-state index is 0.0303. The number of fused-ring (bicyclic) bond motifs is 1. The summed E-state index contributed by atoms with van der Waals surface area (Å²) in [4.78, 5) is 22.4. The smallest absolute Gasteiger partial charge is 0.329 e. The molecule has 1 N–H and O–H groups in total. The number of hydrogen-bond acceptors (Lipinski definition) is 5. The quantitative estimate of drug-likeness (QED) is 0.251. The van der Waals surface area contributed by atoms with E-state index < -0.39 is 21.8 Å². The maximum atomic E-state index is 14.7. The van der Waals surface area contributed by atoms with Crippen LogP contribution in [0.15, 0.2) is 71.9 Å². The van der Waals surface area contributed by atoms with Gasteiger partial charge < -0.3 is 4.84 Å². The lowest BCUT2D eigenvalue weighted by molar-refractivity contribution is -0.141. The van der Waals surface area contributed by atoms with Gasteiger partial charge in [-0.25, -0.2) is 14.2 Å². The van der Waals surface area contributed by atoms with Gasteiger partial charge in [0, 0.05) is 36.5 Å². The lowest BCUT2D eigenvalue weighted by Gasteiger charge is -2.38. The number of rotatable bonds is 8. The maximum absolute atomic E-state index is 14.7. The zero-order chi connectivity index (χ0) is 29.3. The van der Waals surface area contributed by atoms with Crippen LogP contribution in [0.25, 0.3) is 10.9 Å². The monoisotopic (exact) mass is 577 g/mol. The van der Waals surface area contributed by atoms with Gasteiger partial charge in [-0.05, 0) is 78.1 Å². The zero-order valence-electron chi connectivity index (χ0n) is 23.8. The number of pyridine rings is 1. The third-order valence-electron chi connectivity index (χ3n) is 8.12. The zero-order valence-corrected chi connectivity index (χ0v) is 24.6. The largest absolute Gasteiger partial charge is 0.337 e. The number of hydrogen-bond donors (Lipinski definition) is 1. The minimum Gasteiger partial charge on any atom is -0.337 e. The van der Waals surface area contributed by atoms with Crippen molar-refractivity contribution in [1.29, 1.82) is 0 Å². The molecule has 1 aliphatic carbocycles. The van der Waals surface area contributed by atoms with Crippen molar-refractivity contribution in [3.8, 4) is 0 Å². The Labute approximate surface area is 240 Å². The highest BCUT2D eigenvalue weighted by atomic mass is 32.2. The van der Waals surface area contributed by atoms with Crippen LogP contribution in [-0.2, 0) is 21.2 Å². The van der Waals surface area contributed by atoms with E-state index in [1.165, 1.54) is 25.3 Å². The van der Waals surface area contributed by atoms with E-state index in [1.54, 1.807) is 53.3 Å². The lowest BCUT2D eigenvalue weighted by Crippen LogP contribution is -2.30. The average Bonchev–Trinajstić information content (AvgIpc) is 3.20. The fourth-order valence-electron chi connectivity index (χ4n) is 6.32. The van der Waals surface area contributed by atoms with Crippen molar-refractivity contribution in [3.05, 3.63) is 89.5 Å². The van der Waals surface area contributed by atoms with Crippen LogP contribution in [0, 0.1) is 23.6 Å². The second-order valence-corrected chi connectivity index (χ2v) is 13.0. The number of aromatic nitrogens is 2. The predicted octanol–water partition coefficient (Wildman–Crippen LogP) is 6.72. The first-order valence-corrected chi connectivity index (χ1v) is 15.6. The van der Waals surface area contributed by atoms with E-state index in [-0.39, 0.29) is 17.4 Å². The van der Waals surface area contributed by atoms with Gasteiger partial charge >= 0.3 is 5.97 Å². The van der Waals surface area contributed by atoms with Crippen LogP contribution in [0.1, 0.15) is 69.7 Å². The summed E-state index contributed by atoms with van der Waals surface area (Å²) in [6, 6.07) is 16.5. The molecular weight excluding hydrogens is 541 g/mol. The Hall–Kier alpha value is -3.72. The first-order chi connectivity index (χ1) is 19.5. The van der Waals surface area contributed by atoms with Crippen LogP contribution in [-0.4, -0.2) is 24.1 Å². The van der Waals surface area contributed by atoms with E-state index in [0.29, 0.717) is 39.9 Å². The van der Waals surface area contributed by atoms with Crippen molar-refractivity contribution >= 4 is 32.6 Å². The van der Waals surface area contributed by atoms with Gasteiger partial charge in [0.25, 0.3) is 10.0 Å². The molecule has 9 heteroatoms. The number of nitrogens with zero attached hydrogens (tertiary/aromatic N) is 2. The predicted molar refractivity (Wildman–Crippen MR) is 158 cm³/mol. The number of carbonyl (C=O) groups excluding carboxylic acids is 1. The Balaban J connectivity index is 1.71. The molecule has 0 spiro atoms. The number of carbonyl (C=O) groups is 1. The van der Waals surface area contributed by atoms with Crippen molar-refractivity contribution < 1.29 is 22.4 Å². The van der Waals surface area contributed by atoms with E-state index >= 15 is 0 Å². The SMILES string of the molecule is CC(=O)On1c(C2CC(C)CCC2C(C)C)c(Cc2cccnc2S(=O)(=O)Nc2ccccc2)c2cc(F)ccc21. The van der Waals surface area contributed by atoms with E-state index in [9.17, 15) is 17.6 Å². The third kappa shape index (κ3) is 6.00. The summed E-state index contributed by atoms with van der Waals surface area (Å²) in [5.74, 6) is 0.249. The van der Waals surface area contributed by atoms with Crippen LogP contribution in [0.2, 0.25) is 0 Å². The molecule has 1 fully saturated rings. The van der Waals surface area contributed by atoms with Crippen LogP contribution in [0.3, 0.4) is 0 Å². The van der Waals surface area contributed by atoms with Crippen molar-refractivity contribution in [2.45, 2.75) is 64.3 Å². The molecule has 2 heterocycles. The fraction of sp³-hybridized carbons (Fsp3) is 0.375. The first-order valence-electron chi connectivity index (χ1n) is 14.1. The molecule has 2 aromatic carbocycles. The standard InChI is InChI=1S/C32H36FN3O4S/c1-20(2)26-14-12-21(3)17-28(26)31-29(27-19-24(33)13-15-30(27)36(31)40-22(4)37)18-23-9-8-16-34-32(23)41(38,39)35-25-10-6-5-7-11-25/h5-11,13,15-16,19-21,26,28,35H,12,14,17-18H2,1-4H3. The number of nitrogens with one attached hydrogen (secondary N) is 1. The molecular formula is C32H36FN3O4S. The van der Waals surface area contributed by atoms with Gasteiger partial charge in [-0.15, -0.1) is 0 Å². The van der Waals surface area contributed by atoms with Crippen molar-refractivity contribution in [2.75, 3.05) is 4.72 Å². The Morgan fingerprint density at radius 3 is 2.59 bits per heavy atom. The number of sulfonamides is 1. The molecule has 0 bridgehead atoms. The molecule has 0 radical (unpaired) electrons. The van der Waals surface area contributed by atoms with Gasteiger partial charge in [0.2, 0.25) is 0 Å². The molecule has 41 heavy (non-hydrogen) atoms. The molecule has 216 valence electrons. The summed E-state index contributed by atoms with van der Waals surface area (Å²) in [5.41, 5.74) is 3.01. The summed E-state index contributed by atoms with van der Waals surface area (Å²) in [6.45, 7) is 7.98. The average molecular weight is 578 g/mol. The molecule has 0 amide bonds. The molecule has 3 unspecified atom stereocenters. The topological polar surface area (TPSA) is 90.3 Å². The fourth-order valence-corrected chi connectivity index (χ4v) is 7.55. The maximum Gasteiger partial charge on any atom is 0.329 e. The second-order valence-electron chi connectivity index (χ2n) is 11.5. The summed E-state index contributed by atoms with van der Waals surface area (Å²) in [6.07, 6.45) is 4.62. The Bertz CT molecular complexity index is 1670. The highest BCUT2D eigenvalue weighted by Gasteiger charge is 2.37. The van der Waals surface area contributed by atoms with Gasteiger partial charge in [-0.2, -0.15) is 13.1 Å². The summed E-state index contributed by atoms with van der Waals surface area (Å²) in [5, 5.41) is 0.488. The minimum atomic E-state index is -4.04. The van der Waals surface area contributed by atoms with Crippen LogP contribution >= 0.6 is 0 Å². The molecule has 5 rings (SSSR count). The van der Waals surface area contributed by atoms with E-state index in [1.807, 2.05) is 0 Å². The van der Waals surface area contributed by atoms with Crippen molar-refractivity contribution in [2.24, 2.45) is 17.8 Å². The normalized spacial score (nSPS) is 19.4. The van der Waals surface area contributed by atoms with Crippen molar-refractivity contribution in [1.82, 2.24) is 9.71 Å². The molecule has 3 atom stereocenters. The third-order valence-corrected chi connectivity index (χ3v) is 9.50. The molecule has 4 aromatic rings. The highest BCUT2D eigenvalue weighted by Crippen LogP contribution is 2.47. The Morgan fingerprint density at radius 2 is 1.88 bits per heavy atom. The molecule has 1 aliphatic rings. The highest BCUT2D eigenvalue weighted by molar-refractivity contribution is 7.92. The van der Waals surface area contributed by atoms with Crippen LogP contribution in [0.4, 0.5) is 10.1 Å².